The molecule has 0 aliphatic carbocycles. The number of rotatable bonds is 8. The van der Waals surface area contributed by atoms with E-state index in [-0.39, 0.29) is 6.42 Å². The molecule has 0 amide bonds. The molecule has 1 aromatic rings. The van der Waals surface area contributed by atoms with Gasteiger partial charge in [0.2, 0.25) is 0 Å². The summed E-state index contributed by atoms with van der Waals surface area (Å²) in [6, 6.07) is 1.88. The van der Waals surface area contributed by atoms with E-state index in [1.807, 2.05) is 18.0 Å². The van der Waals surface area contributed by atoms with Crippen LogP contribution in [-0.4, -0.2) is 41.2 Å². The Kier molecular flexibility index (Phi) is 6.05. The summed E-state index contributed by atoms with van der Waals surface area (Å²) >= 11 is 0. The maximum atomic E-state index is 10.5. The fourth-order valence-electron chi connectivity index (χ4n) is 1.54. The van der Waals surface area contributed by atoms with Crippen LogP contribution in [0.3, 0.4) is 0 Å². The number of hydrogen-bond acceptors (Lipinski definition) is 5. The molecular formula is C13H22N4O2. The Morgan fingerprint density at radius 3 is 2.84 bits per heavy atom. The predicted octanol–water partition coefficient (Wildman–Crippen LogP) is 1.85. The van der Waals surface area contributed by atoms with Gasteiger partial charge in [-0.05, 0) is 12.3 Å². The van der Waals surface area contributed by atoms with E-state index in [9.17, 15) is 4.79 Å². The zero-order valence-electron chi connectivity index (χ0n) is 11.8. The average Bonchev–Trinajstić information content (AvgIpc) is 2.36. The van der Waals surface area contributed by atoms with Crippen LogP contribution in [0.4, 0.5) is 11.6 Å². The fraction of sp³-hybridized carbons (Fsp3) is 0.615. The Bertz CT molecular complexity index is 409. The molecule has 1 rings (SSSR count). The fourth-order valence-corrected chi connectivity index (χ4v) is 1.54. The summed E-state index contributed by atoms with van der Waals surface area (Å²) in [7, 11) is 1.90. The second kappa shape index (κ2) is 7.56. The van der Waals surface area contributed by atoms with Gasteiger partial charge in [-0.2, -0.15) is 0 Å². The third-order valence-electron chi connectivity index (χ3n) is 2.62. The largest absolute Gasteiger partial charge is 0.481 e. The van der Waals surface area contributed by atoms with Crippen LogP contribution in [0, 0.1) is 5.92 Å². The molecular weight excluding hydrogens is 244 g/mol. The number of aliphatic carboxylic acids is 1. The van der Waals surface area contributed by atoms with E-state index in [0.29, 0.717) is 18.9 Å². The summed E-state index contributed by atoms with van der Waals surface area (Å²) in [6.07, 6.45) is 2.30. The number of aromatic nitrogens is 2. The van der Waals surface area contributed by atoms with E-state index < -0.39 is 5.97 Å². The zero-order chi connectivity index (χ0) is 14.3. The van der Waals surface area contributed by atoms with Crippen molar-refractivity contribution in [3.8, 4) is 0 Å². The van der Waals surface area contributed by atoms with Crippen molar-refractivity contribution >= 4 is 17.6 Å². The first kappa shape index (κ1) is 15.2. The van der Waals surface area contributed by atoms with Gasteiger partial charge in [0, 0.05) is 32.6 Å². The zero-order valence-corrected chi connectivity index (χ0v) is 11.8. The molecule has 0 aliphatic rings. The van der Waals surface area contributed by atoms with E-state index in [4.69, 9.17) is 5.11 Å². The van der Waals surface area contributed by atoms with Crippen LogP contribution in [0.25, 0.3) is 0 Å². The molecule has 2 N–H and O–H groups in total. The van der Waals surface area contributed by atoms with Gasteiger partial charge in [0.15, 0.2) is 0 Å². The number of hydrogen-bond donors (Lipinski definition) is 2. The second-order valence-electron chi connectivity index (χ2n) is 4.96. The van der Waals surface area contributed by atoms with Crippen LogP contribution in [0.5, 0.6) is 0 Å². The molecule has 0 aliphatic heterocycles. The van der Waals surface area contributed by atoms with Crippen molar-refractivity contribution in [3.05, 3.63) is 12.4 Å². The van der Waals surface area contributed by atoms with E-state index in [0.717, 1.165) is 18.2 Å². The topological polar surface area (TPSA) is 78.4 Å². The van der Waals surface area contributed by atoms with Crippen molar-refractivity contribution in [2.75, 3.05) is 30.4 Å². The standard InChI is InChI=1S/C13H22N4O2/c1-10(2)8-14-11-7-12(16-9-15-11)17(3)6-4-5-13(18)19/h7,9-10H,4-6,8H2,1-3H3,(H,18,19)(H,14,15,16). The molecule has 0 bridgehead atoms. The van der Waals surface area contributed by atoms with Gasteiger partial charge in [-0.25, -0.2) is 9.97 Å². The molecule has 0 aromatic carbocycles. The highest BCUT2D eigenvalue weighted by atomic mass is 16.4. The van der Waals surface area contributed by atoms with Crippen molar-refractivity contribution < 1.29 is 9.90 Å². The predicted molar refractivity (Wildman–Crippen MR) is 75.5 cm³/mol. The van der Waals surface area contributed by atoms with Crippen molar-refractivity contribution in [2.24, 2.45) is 5.92 Å². The minimum absolute atomic E-state index is 0.174. The summed E-state index contributed by atoms with van der Waals surface area (Å²) in [6.45, 7) is 5.78. The minimum Gasteiger partial charge on any atom is -0.481 e. The van der Waals surface area contributed by atoms with Gasteiger partial charge in [0.25, 0.3) is 0 Å². The third kappa shape index (κ3) is 6.03. The van der Waals surface area contributed by atoms with Gasteiger partial charge in [0.1, 0.15) is 18.0 Å². The maximum absolute atomic E-state index is 10.5. The van der Waals surface area contributed by atoms with Crippen LogP contribution in [0.2, 0.25) is 0 Å². The van der Waals surface area contributed by atoms with Crippen LogP contribution in [0.15, 0.2) is 12.4 Å². The molecule has 0 spiro atoms. The van der Waals surface area contributed by atoms with Crippen LogP contribution in [0.1, 0.15) is 26.7 Å². The van der Waals surface area contributed by atoms with Gasteiger partial charge >= 0.3 is 5.97 Å². The molecule has 1 heterocycles. The molecule has 0 saturated heterocycles. The van der Waals surface area contributed by atoms with Crippen molar-refractivity contribution in [1.29, 1.82) is 0 Å². The maximum Gasteiger partial charge on any atom is 0.303 e. The highest BCUT2D eigenvalue weighted by Crippen LogP contribution is 2.13. The molecule has 19 heavy (non-hydrogen) atoms. The lowest BCUT2D eigenvalue weighted by Gasteiger charge is -2.18. The molecule has 0 atom stereocenters. The van der Waals surface area contributed by atoms with Gasteiger partial charge in [0.05, 0.1) is 0 Å². The Balaban J connectivity index is 2.52. The molecule has 0 saturated carbocycles. The van der Waals surface area contributed by atoms with Crippen LogP contribution >= 0.6 is 0 Å². The molecule has 106 valence electrons. The Labute approximate surface area is 113 Å². The summed E-state index contributed by atoms with van der Waals surface area (Å²) < 4.78 is 0. The highest BCUT2D eigenvalue weighted by Gasteiger charge is 2.06. The molecule has 1 aromatic heterocycles. The highest BCUT2D eigenvalue weighted by molar-refractivity contribution is 5.66. The Hall–Kier alpha value is -1.85. The first-order valence-electron chi connectivity index (χ1n) is 6.48. The number of carboxylic acid groups (broad SMARTS) is 1. The SMILES string of the molecule is CC(C)CNc1cc(N(C)CCCC(=O)O)ncn1. The lowest BCUT2D eigenvalue weighted by Crippen LogP contribution is -2.21. The van der Waals surface area contributed by atoms with Gasteiger partial charge < -0.3 is 15.3 Å². The molecule has 0 fully saturated rings. The van der Waals surface area contributed by atoms with E-state index in [1.54, 1.807) is 0 Å². The van der Waals surface area contributed by atoms with Crippen LogP contribution < -0.4 is 10.2 Å². The summed E-state index contributed by atoms with van der Waals surface area (Å²) in [5.74, 6) is 1.37. The smallest absolute Gasteiger partial charge is 0.303 e. The second-order valence-corrected chi connectivity index (χ2v) is 4.96. The normalized spacial score (nSPS) is 10.5. The van der Waals surface area contributed by atoms with E-state index in [2.05, 4.69) is 29.1 Å². The van der Waals surface area contributed by atoms with Crippen molar-refractivity contribution in [1.82, 2.24) is 9.97 Å². The minimum atomic E-state index is -0.768. The lowest BCUT2D eigenvalue weighted by atomic mass is 10.2. The number of carbonyl (C=O) groups is 1. The first-order valence-corrected chi connectivity index (χ1v) is 6.48. The number of nitrogens with zero attached hydrogens (tertiary/aromatic N) is 3. The lowest BCUT2D eigenvalue weighted by molar-refractivity contribution is -0.137. The Morgan fingerprint density at radius 2 is 2.21 bits per heavy atom. The van der Waals surface area contributed by atoms with Gasteiger partial charge in [-0.3, -0.25) is 4.79 Å². The van der Waals surface area contributed by atoms with Crippen molar-refractivity contribution in [3.63, 3.8) is 0 Å². The molecule has 6 heteroatoms. The monoisotopic (exact) mass is 266 g/mol. The van der Waals surface area contributed by atoms with Crippen LogP contribution in [-0.2, 0) is 4.79 Å². The number of carboxylic acids is 1. The number of anilines is 2. The molecule has 0 radical (unpaired) electrons. The summed E-state index contributed by atoms with van der Waals surface area (Å²) in [5, 5.41) is 11.9. The first-order chi connectivity index (χ1) is 8.99. The van der Waals surface area contributed by atoms with Crippen molar-refractivity contribution in [2.45, 2.75) is 26.7 Å². The van der Waals surface area contributed by atoms with Gasteiger partial charge in [-0.1, -0.05) is 13.8 Å². The number of nitrogens with one attached hydrogen (secondary N) is 1. The van der Waals surface area contributed by atoms with E-state index in [1.165, 1.54) is 6.33 Å². The van der Waals surface area contributed by atoms with Gasteiger partial charge in [-0.15, -0.1) is 0 Å². The Morgan fingerprint density at radius 1 is 1.47 bits per heavy atom. The molecule has 6 nitrogen and oxygen atoms in total. The quantitative estimate of drug-likeness (QED) is 0.747. The summed E-state index contributed by atoms with van der Waals surface area (Å²) in [5.41, 5.74) is 0. The molecule has 0 unspecified atom stereocenters. The van der Waals surface area contributed by atoms with E-state index >= 15 is 0 Å². The summed E-state index contributed by atoms with van der Waals surface area (Å²) in [4.78, 5) is 20.8. The average molecular weight is 266 g/mol. The third-order valence-corrected chi connectivity index (χ3v) is 2.62.